The van der Waals surface area contributed by atoms with Crippen LogP contribution in [0.3, 0.4) is 0 Å². The van der Waals surface area contributed by atoms with Gasteiger partial charge in [0.1, 0.15) is 0 Å². The number of carboxylic acid groups (broad SMARTS) is 1. The first kappa shape index (κ1) is 18.0. The zero-order valence-electron chi connectivity index (χ0n) is 13.6. The van der Waals surface area contributed by atoms with Crippen LogP contribution in [0, 0.1) is 5.92 Å². The van der Waals surface area contributed by atoms with Crippen LogP contribution in [-0.2, 0) is 9.59 Å². The average molecular weight is 298 g/mol. The quantitative estimate of drug-likeness (QED) is 0.685. The van der Waals surface area contributed by atoms with E-state index in [0.717, 1.165) is 32.2 Å². The van der Waals surface area contributed by atoms with E-state index in [2.05, 4.69) is 19.2 Å². The Morgan fingerprint density at radius 2 is 2.00 bits per heavy atom. The number of nitrogens with zero attached hydrogens (tertiary/aromatic N) is 1. The number of rotatable bonds is 9. The third-order valence-corrected chi connectivity index (χ3v) is 4.08. The van der Waals surface area contributed by atoms with Gasteiger partial charge in [-0.2, -0.15) is 0 Å². The summed E-state index contributed by atoms with van der Waals surface area (Å²) >= 11 is 0. The van der Waals surface area contributed by atoms with E-state index in [-0.39, 0.29) is 24.4 Å². The Balaban J connectivity index is 2.27. The predicted molar refractivity (Wildman–Crippen MR) is 83.1 cm³/mol. The maximum absolute atomic E-state index is 12.0. The second-order valence-corrected chi connectivity index (χ2v) is 6.66. The summed E-state index contributed by atoms with van der Waals surface area (Å²) in [5.41, 5.74) is 0. The monoisotopic (exact) mass is 298 g/mol. The summed E-state index contributed by atoms with van der Waals surface area (Å²) in [4.78, 5) is 24.9. The molecule has 1 rings (SSSR count). The molecular formula is C16H30N2O3. The van der Waals surface area contributed by atoms with Crippen LogP contribution in [-0.4, -0.2) is 47.1 Å². The van der Waals surface area contributed by atoms with Crippen molar-refractivity contribution in [3.05, 3.63) is 0 Å². The molecule has 0 bridgehead atoms. The third kappa shape index (κ3) is 7.46. The van der Waals surface area contributed by atoms with Gasteiger partial charge in [-0.25, -0.2) is 0 Å². The van der Waals surface area contributed by atoms with Crippen molar-refractivity contribution in [2.75, 3.05) is 13.1 Å². The number of aliphatic carboxylic acids is 1. The fraction of sp³-hybridized carbons (Fsp3) is 0.875. The summed E-state index contributed by atoms with van der Waals surface area (Å²) in [6.07, 6.45) is 5.32. The van der Waals surface area contributed by atoms with Crippen molar-refractivity contribution in [1.29, 1.82) is 0 Å². The molecular weight excluding hydrogens is 268 g/mol. The Hall–Kier alpha value is -1.10. The van der Waals surface area contributed by atoms with E-state index in [1.54, 1.807) is 0 Å². The highest BCUT2D eigenvalue weighted by Crippen LogP contribution is 2.19. The van der Waals surface area contributed by atoms with Crippen LogP contribution in [0.5, 0.6) is 0 Å². The Kier molecular flexibility index (Phi) is 7.72. The van der Waals surface area contributed by atoms with Crippen LogP contribution in [0.25, 0.3) is 0 Å². The van der Waals surface area contributed by atoms with Crippen molar-refractivity contribution < 1.29 is 14.7 Å². The molecule has 2 unspecified atom stereocenters. The molecule has 2 N–H and O–H groups in total. The largest absolute Gasteiger partial charge is 0.481 e. The summed E-state index contributed by atoms with van der Waals surface area (Å²) in [6.45, 7) is 7.61. The maximum Gasteiger partial charge on any atom is 0.304 e. The predicted octanol–water partition coefficient (Wildman–Crippen LogP) is 2.26. The first-order valence-electron chi connectivity index (χ1n) is 8.13. The summed E-state index contributed by atoms with van der Waals surface area (Å²) in [5.74, 6) is -0.0621. The van der Waals surface area contributed by atoms with E-state index in [4.69, 9.17) is 5.11 Å². The van der Waals surface area contributed by atoms with Crippen molar-refractivity contribution in [3.63, 3.8) is 0 Å². The van der Waals surface area contributed by atoms with E-state index in [9.17, 15) is 9.59 Å². The van der Waals surface area contributed by atoms with Crippen LogP contribution in [0.1, 0.15) is 59.3 Å². The van der Waals surface area contributed by atoms with Gasteiger partial charge in [-0.1, -0.05) is 26.7 Å². The molecule has 0 aromatic heterocycles. The molecule has 21 heavy (non-hydrogen) atoms. The van der Waals surface area contributed by atoms with Gasteiger partial charge in [-0.3, -0.25) is 14.5 Å². The molecule has 1 aliphatic rings. The molecule has 0 aliphatic carbocycles. The number of carbonyl (C=O) groups excluding carboxylic acids is 1. The molecule has 1 amide bonds. The van der Waals surface area contributed by atoms with Gasteiger partial charge in [0.25, 0.3) is 0 Å². The molecule has 0 aromatic carbocycles. The molecule has 122 valence electrons. The first-order valence-corrected chi connectivity index (χ1v) is 8.13. The van der Waals surface area contributed by atoms with Crippen molar-refractivity contribution in [2.24, 2.45) is 5.92 Å². The minimum absolute atomic E-state index is 0.0179. The molecule has 2 atom stereocenters. The normalized spacial score (nSPS) is 20.7. The van der Waals surface area contributed by atoms with Gasteiger partial charge >= 0.3 is 5.97 Å². The fourth-order valence-corrected chi connectivity index (χ4v) is 2.95. The number of hydrogen-bond donors (Lipinski definition) is 2. The van der Waals surface area contributed by atoms with Crippen LogP contribution in [0.2, 0.25) is 0 Å². The Morgan fingerprint density at radius 1 is 1.29 bits per heavy atom. The van der Waals surface area contributed by atoms with Gasteiger partial charge in [-0.15, -0.1) is 0 Å². The highest BCUT2D eigenvalue weighted by Gasteiger charge is 2.28. The minimum Gasteiger partial charge on any atom is -0.481 e. The molecule has 1 saturated heterocycles. The number of likely N-dealkylation sites (tertiary alicyclic amines) is 1. The number of amides is 1. The molecule has 0 radical (unpaired) electrons. The molecule has 5 nitrogen and oxygen atoms in total. The van der Waals surface area contributed by atoms with Gasteiger partial charge in [0.05, 0.1) is 13.0 Å². The molecule has 0 spiro atoms. The number of hydrogen-bond acceptors (Lipinski definition) is 3. The number of carbonyl (C=O) groups is 2. The molecule has 5 heteroatoms. The van der Waals surface area contributed by atoms with E-state index in [1.165, 1.54) is 6.42 Å². The van der Waals surface area contributed by atoms with E-state index >= 15 is 0 Å². The summed E-state index contributed by atoms with van der Waals surface area (Å²) in [7, 11) is 0. The van der Waals surface area contributed by atoms with Crippen molar-refractivity contribution in [3.8, 4) is 0 Å². The van der Waals surface area contributed by atoms with Gasteiger partial charge in [0.2, 0.25) is 5.91 Å². The molecule has 1 heterocycles. The molecule has 0 saturated carbocycles. The molecule has 0 aromatic rings. The Morgan fingerprint density at radius 3 is 2.62 bits per heavy atom. The lowest BCUT2D eigenvalue weighted by Gasteiger charge is -2.23. The molecule has 1 aliphatic heterocycles. The SMILES string of the molecule is CC(C)CCCC(C)NC(=O)CN1CCCC1CC(=O)O. The lowest BCUT2D eigenvalue weighted by Crippen LogP contribution is -2.43. The van der Waals surface area contributed by atoms with Crippen LogP contribution >= 0.6 is 0 Å². The van der Waals surface area contributed by atoms with Crippen molar-refractivity contribution in [2.45, 2.75) is 71.4 Å². The lowest BCUT2D eigenvalue weighted by molar-refractivity contribution is -0.138. The maximum atomic E-state index is 12.0. The van der Waals surface area contributed by atoms with Crippen LogP contribution in [0.4, 0.5) is 0 Å². The summed E-state index contributed by atoms with van der Waals surface area (Å²) in [6, 6.07) is 0.210. The summed E-state index contributed by atoms with van der Waals surface area (Å²) < 4.78 is 0. The third-order valence-electron chi connectivity index (χ3n) is 4.08. The molecule has 1 fully saturated rings. The minimum atomic E-state index is -0.783. The Bertz CT molecular complexity index is 344. The number of nitrogens with one attached hydrogen (secondary N) is 1. The Labute approximate surface area is 128 Å². The first-order chi connectivity index (χ1) is 9.88. The van der Waals surface area contributed by atoms with Crippen molar-refractivity contribution >= 4 is 11.9 Å². The lowest BCUT2D eigenvalue weighted by atomic mass is 10.0. The van der Waals surface area contributed by atoms with Gasteiger partial charge in [-0.05, 0) is 38.6 Å². The van der Waals surface area contributed by atoms with E-state index < -0.39 is 5.97 Å². The second kappa shape index (κ2) is 9.03. The zero-order chi connectivity index (χ0) is 15.8. The smallest absolute Gasteiger partial charge is 0.304 e. The average Bonchev–Trinajstić information content (AvgIpc) is 2.74. The van der Waals surface area contributed by atoms with Gasteiger partial charge < -0.3 is 10.4 Å². The highest BCUT2D eigenvalue weighted by atomic mass is 16.4. The standard InChI is InChI=1S/C16H30N2O3/c1-12(2)6-4-7-13(3)17-15(19)11-18-9-5-8-14(18)10-16(20)21/h12-14H,4-11H2,1-3H3,(H,17,19)(H,20,21). The zero-order valence-corrected chi connectivity index (χ0v) is 13.6. The van der Waals surface area contributed by atoms with Crippen molar-refractivity contribution in [1.82, 2.24) is 10.2 Å². The van der Waals surface area contributed by atoms with Crippen LogP contribution in [0.15, 0.2) is 0 Å². The highest BCUT2D eigenvalue weighted by molar-refractivity contribution is 5.78. The van der Waals surface area contributed by atoms with E-state index in [0.29, 0.717) is 12.5 Å². The van der Waals surface area contributed by atoms with Gasteiger partial charge in [0.15, 0.2) is 0 Å². The van der Waals surface area contributed by atoms with E-state index in [1.807, 2.05) is 11.8 Å². The number of carboxylic acids is 1. The second-order valence-electron chi connectivity index (χ2n) is 6.66. The van der Waals surface area contributed by atoms with Gasteiger partial charge in [0, 0.05) is 12.1 Å². The fourth-order valence-electron chi connectivity index (χ4n) is 2.95. The topological polar surface area (TPSA) is 69.6 Å². The van der Waals surface area contributed by atoms with Crippen LogP contribution < -0.4 is 5.32 Å². The summed E-state index contributed by atoms with van der Waals surface area (Å²) in [5, 5.41) is 11.9.